The first-order chi connectivity index (χ1) is 7.71. The van der Waals surface area contributed by atoms with Gasteiger partial charge in [-0.3, -0.25) is 0 Å². The van der Waals surface area contributed by atoms with E-state index in [0.717, 1.165) is 17.7 Å². The van der Waals surface area contributed by atoms with Crippen molar-refractivity contribution in [2.75, 3.05) is 6.61 Å². The third-order valence-electron chi connectivity index (χ3n) is 2.62. The predicted molar refractivity (Wildman–Crippen MR) is 66.4 cm³/mol. The Hall–Kier alpha value is -0.890. The zero-order chi connectivity index (χ0) is 12.0. The summed E-state index contributed by atoms with van der Waals surface area (Å²) in [5, 5.41) is 21.1. The molecule has 88 valence electrons. The molecule has 0 saturated carbocycles. The number of nitrogens with zero attached hydrogens (tertiary/aromatic N) is 1. The summed E-state index contributed by atoms with van der Waals surface area (Å²) in [7, 11) is 0. The average Bonchev–Trinajstić information content (AvgIpc) is 2.76. The van der Waals surface area contributed by atoms with Crippen LogP contribution in [0.1, 0.15) is 42.5 Å². The summed E-state index contributed by atoms with van der Waals surface area (Å²) in [6.45, 7) is 4.41. The number of nitrogens with one attached hydrogen (secondary N) is 1. The first-order valence-electron chi connectivity index (χ1n) is 5.58. The Balaban J connectivity index is 2.57. The lowest BCUT2D eigenvalue weighted by Gasteiger charge is -2.20. The van der Waals surface area contributed by atoms with E-state index in [1.54, 1.807) is 0 Å². The normalized spacial score (nSPS) is 14.4. The lowest BCUT2D eigenvalue weighted by molar-refractivity contribution is 0.257. The third-order valence-corrected chi connectivity index (χ3v) is 3.79. The highest BCUT2D eigenvalue weighted by Gasteiger charge is 2.13. The van der Waals surface area contributed by atoms with Gasteiger partial charge >= 0.3 is 0 Å². The molecule has 2 atom stereocenters. The van der Waals surface area contributed by atoms with Crippen molar-refractivity contribution in [1.82, 2.24) is 5.32 Å². The maximum atomic E-state index is 8.91. The van der Waals surface area contributed by atoms with Crippen molar-refractivity contribution >= 4 is 11.3 Å². The number of rotatable bonds is 6. The summed E-state index contributed by atoms with van der Waals surface area (Å²) in [5.41, 5.74) is 0. The largest absolute Gasteiger partial charge is 0.396 e. The second kappa shape index (κ2) is 6.64. The Morgan fingerprint density at radius 2 is 2.31 bits per heavy atom. The van der Waals surface area contributed by atoms with Gasteiger partial charge in [0, 0.05) is 23.6 Å². The third kappa shape index (κ3) is 3.60. The molecule has 0 aliphatic heterocycles. The van der Waals surface area contributed by atoms with E-state index in [1.807, 2.05) is 12.1 Å². The van der Waals surface area contributed by atoms with E-state index in [4.69, 9.17) is 10.4 Å². The van der Waals surface area contributed by atoms with Crippen molar-refractivity contribution in [1.29, 1.82) is 5.26 Å². The molecule has 3 nitrogen and oxygen atoms in total. The van der Waals surface area contributed by atoms with Gasteiger partial charge in [-0.15, -0.1) is 11.3 Å². The Bertz CT molecular complexity index is 356. The van der Waals surface area contributed by atoms with Gasteiger partial charge in [-0.05, 0) is 31.9 Å². The topological polar surface area (TPSA) is 56.0 Å². The molecule has 0 aliphatic carbocycles. The van der Waals surface area contributed by atoms with Crippen molar-refractivity contribution in [2.24, 2.45) is 0 Å². The molecular formula is C12H18N2OS. The number of nitriles is 1. The number of hydrogen-bond donors (Lipinski definition) is 2. The van der Waals surface area contributed by atoms with E-state index in [9.17, 15) is 0 Å². The Morgan fingerprint density at radius 1 is 1.56 bits per heavy atom. The van der Waals surface area contributed by atoms with Crippen LogP contribution >= 0.6 is 11.3 Å². The first kappa shape index (κ1) is 13.2. The molecule has 1 rings (SSSR count). The van der Waals surface area contributed by atoms with Gasteiger partial charge in [0.15, 0.2) is 0 Å². The van der Waals surface area contributed by atoms with E-state index < -0.39 is 0 Å². The van der Waals surface area contributed by atoms with Crippen LogP contribution in [0.25, 0.3) is 0 Å². The quantitative estimate of drug-likeness (QED) is 0.800. The fraction of sp³-hybridized carbons (Fsp3) is 0.583. The van der Waals surface area contributed by atoms with Gasteiger partial charge in [-0.2, -0.15) is 5.26 Å². The number of hydrogen-bond acceptors (Lipinski definition) is 4. The van der Waals surface area contributed by atoms with Crippen LogP contribution in [0.2, 0.25) is 0 Å². The minimum atomic E-state index is 0.214. The molecule has 16 heavy (non-hydrogen) atoms. The lowest BCUT2D eigenvalue weighted by Crippen LogP contribution is -2.31. The molecule has 0 spiro atoms. The van der Waals surface area contributed by atoms with Gasteiger partial charge in [-0.1, -0.05) is 6.92 Å². The summed E-state index contributed by atoms with van der Waals surface area (Å²) in [4.78, 5) is 1.92. The van der Waals surface area contributed by atoms with Crippen LogP contribution in [0.15, 0.2) is 12.1 Å². The fourth-order valence-electron chi connectivity index (χ4n) is 1.64. The van der Waals surface area contributed by atoms with Crippen LogP contribution < -0.4 is 5.32 Å². The van der Waals surface area contributed by atoms with Crippen LogP contribution in [0.5, 0.6) is 0 Å². The Kier molecular flexibility index (Phi) is 5.47. The first-order valence-corrected chi connectivity index (χ1v) is 6.39. The van der Waals surface area contributed by atoms with Gasteiger partial charge in [0.05, 0.1) is 0 Å². The molecule has 0 fully saturated rings. The SMILES string of the molecule is CCC(CCO)NC(C)c1ccc(C#N)s1. The average molecular weight is 238 g/mol. The fourth-order valence-corrected chi connectivity index (χ4v) is 2.46. The molecule has 0 amide bonds. The second-order valence-corrected chi connectivity index (χ2v) is 4.93. The molecule has 2 N–H and O–H groups in total. The van der Waals surface area contributed by atoms with Crippen LogP contribution in [0, 0.1) is 11.3 Å². The monoisotopic (exact) mass is 238 g/mol. The molecule has 0 aliphatic rings. The van der Waals surface area contributed by atoms with Crippen LogP contribution in [-0.2, 0) is 0 Å². The van der Waals surface area contributed by atoms with Crippen molar-refractivity contribution in [3.63, 3.8) is 0 Å². The van der Waals surface area contributed by atoms with Crippen molar-refractivity contribution in [2.45, 2.75) is 38.8 Å². The zero-order valence-corrected chi connectivity index (χ0v) is 10.5. The second-order valence-electron chi connectivity index (χ2n) is 3.82. The Morgan fingerprint density at radius 3 is 2.81 bits per heavy atom. The maximum absolute atomic E-state index is 8.91. The molecule has 0 radical (unpaired) electrons. The van der Waals surface area contributed by atoms with E-state index in [2.05, 4.69) is 25.2 Å². The van der Waals surface area contributed by atoms with Crippen molar-refractivity contribution in [3.05, 3.63) is 21.9 Å². The van der Waals surface area contributed by atoms with Crippen molar-refractivity contribution in [3.8, 4) is 6.07 Å². The molecule has 0 aromatic carbocycles. The molecule has 1 aromatic rings. The van der Waals surface area contributed by atoms with E-state index in [1.165, 1.54) is 16.2 Å². The molecular weight excluding hydrogens is 220 g/mol. The van der Waals surface area contributed by atoms with Crippen LogP contribution in [-0.4, -0.2) is 17.8 Å². The van der Waals surface area contributed by atoms with Gasteiger partial charge in [0.25, 0.3) is 0 Å². The summed E-state index contributed by atoms with van der Waals surface area (Å²) < 4.78 is 0. The van der Waals surface area contributed by atoms with Gasteiger partial charge < -0.3 is 10.4 Å². The van der Waals surface area contributed by atoms with E-state index in [-0.39, 0.29) is 12.6 Å². The minimum Gasteiger partial charge on any atom is -0.396 e. The summed E-state index contributed by atoms with van der Waals surface area (Å²) >= 11 is 1.53. The Labute approximate surface area is 101 Å². The van der Waals surface area contributed by atoms with Crippen LogP contribution in [0.4, 0.5) is 0 Å². The summed E-state index contributed by atoms with van der Waals surface area (Å²) in [5.74, 6) is 0. The van der Waals surface area contributed by atoms with Gasteiger partial charge in [0.2, 0.25) is 0 Å². The van der Waals surface area contributed by atoms with E-state index >= 15 is 0 Å². The van der Waals surface area contributed by atoms with Gasteiger partial charge in [0.1, 0.15) is 10.9 Å². The zero-order valence-electron chi connectivity index (χ0n) is 9.73. The smallest absolute Gasteiger partial charge is 0.110 e. The number of thiophene rings is 1. The molecule has 0 bridgehead atoms. The summed E-state index contributed by atoms with van der Waals surface area (Å²) in [6.07, 6.45) is 1.78. The predicted octanol–water partition coefficient (Wildman–Crippen LogP) is 2.43. The number of aliphatic hydroxyl groups excluding tert-OH is 1. The molecule has 2 unspecified atom stereocenters. The van der Waals surface area contributed by atoms with Crippen molar-refractivity contribution < 1.29 is 5.11 Å². The highest BCUT2D eigenvalue weighted by molar-refractivity contribution is 7.12. The molecule has 1 aromatic heterocycles. The highest BCUT2D eigenvalue weighted by atomic mass is 32.1. The van der Waals surface area contributed by atoms with E-state index in [0.29, 0.717) is 6.04 Å². The number of aliphatic hydroxyl groups is 1. The molecule has 0 saturated heterocycles. The highest BCUT2D eigenvalue weighted by Crippen LogP contribution is 2.23. The van der Waals surface area contributed by atoms with Crippen LogP contribution in [0.3, 0.4) is 0 Å². The summed E-state index contributed by atoms with van der Waals surface area (Å²) in [6, 6.07) is 6.57. The van der Waals surface area contributed by atoms with Gasteiger partial charge in [-0.25, -0.2) is 0 Å². The minimum absolute atomic E-state index is 0.214. The molecule has 4 heteroatoms. The molecule has 1 heterocycles. The lowest BCUT2D eigenvalue weighted by atomic mass is 10.1. The standard InChI is InChI=1S/C12H18N2OS/c1-3-10(6-7-15)14-9(2)12-5-4-11(8-13)16-12/h4-5,9-10,14-15H,3,6-7H2,1-2H3. The maximum Gasteiger partial charge on any atom is 0.110 e.